The molecule has 0 unspecified atom stereocenters. The summed E-state index contributed by atoms with van der Waals surface area (Å²) in [5.41, 5.74) is 7.03. The number of hydrogen-bond acceptors (Lipinski definition) is 2. The van der Waals surface area contributed by atoms with Crippen LogP contribution in [0.15, 0.2) is 12.1 Å². The Labute approximate surface area is 83.9 Å². The second-order valence-corrected chi connectivity index (χ2v) is 4.00. The van der Waals surface area contributed by atoms with Crippen molar-refractivity contribution in [1.29, 1.82) is 0 Å². The van der Waals surface area contributed by atoms with Crippen LogP contribution < -0.4 is 10.5 Å². The van der Waals surface area contributed by atoms with Crippen molar-refractivity contribution < 1.29 is 9.13 Å². The van der Waals surface area contributed by atoms with Gasteiger partial charge in [-0.05, 0) is 38.0 Å². The minimum absolute atomic E-state index is 0.319. The summed E-state index contributed by atoms with van der Waals surface area (Å²) in [7, 11) is 1.52. The highest BCUT2D eigenvalue weighted by atomic mass is 19.1. The van der Waals surface area contributed by atoms with Crippen LogP contribution in [0.3, 0.4) is 0 Å². The van der Waals surface area contributed by atoms with Gasteiger partial charge in [-0.1, -0.05) is 0 Å². The molecule has 14 heavy (non-hydrogen) atoms. The number of ether oxygens (including phenoxy) is 1. The van der Waals surface area contributed by atoms with Gasteiger partial charge in [0.2, 0.25) is 0 Å². The van der Waals surface area contributed by atoms with E-state index in [2.05, 4.69) is 0 Å². The zero-order valence-electron chi connectivity index (χ0n) is 9.02. The maximum atomic E-state index is 13.2. The topological polar surface area (TPSA) is 35.2 Å². The molecule has 0 bridgehead atoms. The van der Waals surface area contributed by atoms with Gasteiger partial charge in [0.05, 0.1) is 7.11 Å². The van der Waals surface area contributed by atoms with Crippen LogP contribution in [0.4, 0.5) is 4.39 Å². The summed E-state index contributed by atoms with van der Waals surface area (Å²) in [6, 6.07) is 2.82. The summed E-state index contributed by atoms with van der Waals surface area (Å²) in [6.45, 7) is 5.56. The lowest BCUT2D eigenvalue weighted by atomic mass is 9.91. The molecule has 0 aliphatic carbocycles. The van der Waals surface area contributed by atoms with Crippen LogP contribution in [-0.2, 0) is 5.54 Å². The predicted molar refractivity (Wildman–Crippen MR) is 54.9 cm³/mol. The van der Waals surface area contributed by atoms with Crippen molar-refractivity contribution in [3.05, 3.63) is 29.1 Å². The highest BCUT2D eigenvalue weighted by Crippen LogP contribution is 2.29. The third kappa shape index (κ3) is 2.04. The highest BCUT2D eigenvalue weighted by molar-refractivity contribution is 5.42. The van der Waals surface area contributed by atoms with Crippen LogP contribution in [0.5, 0.6) is 5.75 Å². The smallest absolute Gasteiger partial charge is 0.127 e. The fourth-order valence-corrected chi connectivity index (χ4v) is 1.54. The maximum absolute atomic E-state index is 13.2. The standard InChI is InChI=1S/C11H16FNO/c1-7-9(11(2,3)13)5-8(12)6-10(7)14-4/h5-6H,13H2,1-4H3. The first-order valence-corrected chi connectivity index (χ1v) is 4.49. The third-order valence-corrected chi connectivity index (χ3v) is 2.24. The average Bonchev–Trinajstić information content (AvgIpc) is 2.06. The number of methoxy groups -OCH3 is 1. The number of nitrogens with two attached hydrogens (primary N) is 1. The van der Waals surface area contributed by atoms with Gasteiger partial charge in [0, 0.05) is 11.6 Å². The van der Waals surface area contributed by atoms with Crippen LogP contribution in [-0.4, -0.2) is 7.11 Å². The molecule has 0 heterocycles. The van der Waals surface area contributed by atoms with E-state index in [4.69, 9.17) is 10.5 Å². The summed E-state index contributed by atoms with van der Waals surface area (Å²) in [5, 5.41) is 0. The van der Waals surface area contributed by atoms with E-state index in [1.807, 2.05) is 20.8 Å². The summed E-state index contributed by atoms with van der Waals surface area (Å²) in [6.07, 6.45) is 0. The lowest BCUT2D eigenvalue weighted by Gasteiger charge is -2.23. The minimum atomic E-state index is -0.556. The lowest BCUT2D eigenvalue weighted by molar-refractivity contribution is 0.404. The zero-order chi connectivity index (χ0) is 10.9. The normalized spacial score (nSPS) is 11.6. The molecule has 0 aliphatic heterocycles. The Morgan fingerprint density at radius 2 is 1.93 bits per heavy atom. The van der Waals surface area contributed by atoms with Gasteiger partial charge in [0.1, 0.15) is 11.6 Å². The molecule has 2 nitrogen and oxygen atoms in total. The van der Waals surface area contributed by atoms with E-state index in [-0.39, 0.29) is 5.82 Å². The van der Waals surface area contributed by atoms with Crippen molar-refractivity contribution in [1.82, 2.24) is 0 Å². The van der Waals surface area contributed by atoms with Crippen LogP contribution >= 0.6 is 0 Å². The Hall–Kier alpha value is -1.09. The van der Waals surface area contributed by atoms with Gasteiger partial charge in [0.15, 0.2) is 0 Å². The van der Waals surface area contributed by atoms with Gasteiger partial charge < -0.3 is 10.5 Å². The third-order valence-electron chi connectivity index (χ3n) is 2.24. The van der Waals surface area contributed by atoms with Crippen molar-refractivity contribution in [2.24, 2.45) is 5.73 Å². The van der Waals surface area contributed by atoms with Crippen LogP contribution in [0, 0.1) is 12.7 Å². The SMILES string of the molecule is COc1cc(F)cc(C(C)(C)N)c1C. The van der Waals surface area contributed by atoms with Gasteiger partial charge in [-0.3, -0.25) is 0 Å². The van der Waals surface area contributed by atoms with E-state index in [0.717, 1.165) is 11.1 Å². The predicted octanol–water partition coefficient (Wildman–Crippen LogP) is 2.34. The second-order valence-electron chi connectivity index (χ2n) is 4.00. The first kappa shape index (κ1) is 11.0. The molecule has 1 aromatic carbocycles. The molecule has 0 saturated heterocycles. The molecule has 78 valence electrons. The van der Waals surface area contributed by atoms with Crippen molar-refractivity contribution in [3.63, 3.8) is 0 Å². The van der Waals surface area contributed by atoms with E-state index >= 15 is 0 Å². The summed E-state index contributed by atoms with van der Waals surface area (Å²) >= 11 is 0. The van der Waals surface area contributed by atoms with E-state index in [9.17, 15) is 4.39 Å². The first-order chi connectivity index (χ1) is 6.36. The molecule has 1 aromatic rings. The van der Waals surface area contributed by atoms with E-state index in [1.165, 1.54) is 19.2 Å². The van der Waals surface area contributed by atoms with Gasteiger partial charge in [-0.2, -0.15) is 0 Å². The Bertz CT molecular complexity index is 342. The van der Waals surface area contributed by atoms with Crippen LogP contribution in [0.1, 0.15) is 25.0 Å². The van der Waals surface area contributed by atoms with Crippen molar-refractivity contribution in [2.75, 3.05) is 7.11 Å². The molecule has 2 N–H and O–H groups in total. The number of rotatable bonds is 2. The molecule has 0 atom stereocenters. The summed E-state index contributed by atoms with van der Waals surface area (Å²) in [4.78, 5) is 0. The number of hydrogen-bond donors (Lipinski definition) is 1. The number of halogens is 1. The molecule has 0 amide bonds. The van der Waals surface area contributed by atoms with E-state index in [1.54, 1.807) is 0 Å². The van der Waals surface area contributed by atoms with E-state index < -0.39 is 5.54 Å². The number of benzene rings is 1. The highest BCUT2D eigenvalue weighted by Gasteiger charge is 2.20. The Morgan fingerprint density at radius 1 is 1.36 bits per heavy atom. The zero-order valence-corrected chi connectivity index (χ0v) is 9.02. The largest absolute Gasteiger partial charge is 0.496 e. The second kappa shape index (κ2) is 3.58. The summed E-state index contributed by atoms with van der Waals surface area (Å²) < 4.78 is 18.3. The lowest BCUT2D eigenvalue weighted by Crippen LogP contribution is -2.29. The Morgan fingerprint density at radius 3 is 2.36 bits per heavy atom. The molecule has 0 radical (unpaired) electrons. The Kier molecular flexibility index (Phi) is 2.81. The molecular weight excluding hydrogens is 181 g/mol. The van der Waals surface area contributed by atoms with Crippen LogP contribution in [0.25, 0.3) is 0 Å². The Balaban J connectivity index is 3.37. The molecular formula is C11H16FNO. The minimum Gasteiger partial charge on any atom is -0.496 e. The molecule has 1 rings (SSSR count). The van der Waals surface area contributed by atoms with Gasteiger partial charge in [-0.15, -0.1) is 0 Å². The molecule has 0 spiro atoms. The van der Waals surface area contributed by atoms with Crippen molar-refractivity contribution >= 4 is 0 Å². The fourth-order valence-electron chi connectivity index (χ4n) is 1.54. The molecule has 0 aromatic heterocycles. The first-order valence-electron chi connectivity index (χ1n) is 4.49. The van der Waals surface area contributed by atoms with Crippen molar-refractivity contribution in [2.45, 2.75) is 26.3 Å². The average molecular weight is 197 g/mol. The van der Waals surface area contributed by atoms with Crippen LogP contribution in [0.2, 0.25) is 0 Å². The molecule has 0 saturated carbocycles. The molecule has 0 aliphatic rings. The van der Waals surface area contributed by atoms with Gasteiger partial charge in [-0.25, -0.2) is 4.39 Å². The summed E-state index contributed by atoms with van der Waals surface area (Å²) in [5.74, 6) is 0.222. The van der Waals surface area contributed by atoms with E-state index in [0.29, 0.717) is 5.75 Å². The maximum Gasteiger partial charge on any atom is 0.127 e. The quantitative estimate of drug-likeness (QED) is 0.789. The molecule has 3 heteroatoms. The fraction of sp³-hybridized carbons (Fsp3) is 0.455. The van der Waals surface area contributed by atoms with Gasteiger partial charge in [0.25, 0.3) is 0 Å². The monoisotopic (exact) mass is 197 g/mol. The van der Waals surface area contributed by atoms with Crippen molar-refractivity contribution in [3.8, 4) is 5.75 Å². The molecule has 0 fully saturated rings. The van der Waals surface area contributed by atoms with Gasteiger partial charge >= 0.3 is 0 Å².